The van der Waals surface area contributed by atoms with Gasteiger partial charge in [0.1, 0.15) is 0 Å². The molecule has 0 bridgehead atoms. The summed E-state index contributed by atoms with van der Waals surface area (Å²) in [6.45, 7) is 1.32. The molecule has 1 amide bonds. The molecule has 1 atom stereocenters. The summed E-state index contributed by atoms with van der Waals surface area (Å²) in [6.07, 6.45) is 0.752. The number of carbonyl (C=O) groups is 1. The molecule has 0 saturated heterocycles. The van der Waals surface area contributed by atoms with E-state index in [1.807, 2.05) is 36.4 Å². The maximum Gasteiger partial charge on any atom is 0.237 e. The topological polar surface area (TPSA) is 41.1 Å². The van der Waals surface area contributed by atoms with Crippen LogP contribution in [0.3, 0.4) is 0 Å². The fourth-order valence-corrected chi connectivity index (χ4v) is 2.82. The Morgan fingerprint density at radius 2 is 1.86 bits per heavy atom. The Hall–Kier alpha value is -1.65. The van der Waals surface area contributed by atoms with E-state index in [9.17, 15) is 4.79 Å². The van der Waals surface area contributed by atoms with Crippen LogP contribution in [0, 0.1) is 0 Å². The van der Waals surface area contributed by atoms with Gasteiger partial charge < -0.3 is 10.6 Å². The number of amides is 1. The minimum absolute atomic E-state index is 0.0624. The Morgan fingerprint density at radius 1 is 1.14 bits per heavy atom. The first kappa shape index (κ1) is 14.3. The number of fused-ring (bicyclic) bond motifs is 1. The molecule has 4 heteroatoms. The van der Waals surface area contributed by atoms with Gasteiger partial charge in [-0.1, -0.05) is 52.3 Å². The highest BCUT2D eigenvalue weighted by Crippen LogP contribution is 2.16. The van der Waals surface area contributed by atoms with Crippen molar-refractivity contribution in [3.63, 3.8) is 0 Å². The first-order valence-electron chi connectivity index (χ1n) is 7.05. The third-order valence-electron chi connectivity index (χ3n) is 3.78. The molecule has 2 aromatic carbocycles. The van der Waals surface area contributed by atoms with Crippen LogP contribution in [0.2, 0.25) is 0 Å². The fraction of sp³-hybridized carbons (Fsp3) is 0.235. The summed E-state index contributed by atoms with van der Waals surface area (Å²) < 4.78 is 1.04. The third kappa shape index (κ3) is 3.52. The van der Waals surface area contributed by atoms with E-state index in [1.165, 1.54) is 11.1 Å². The first-order chi connectivity index (χ1) is 10.2. The van der Waals surface area contributed by atoms with Gasteiger partial charge >= 0.3 is 0 Å². The van der Waals surface area contributed by atoms with Gasteiger partial charge in [-0.15, -0.1) is 0 Å². The molecule has 0 saturated carbocycles. The Bertz CT molecular complexity index is 639. The van der Waals surface area contributed by atoms with Crippen LogP contribution in [0.5, 0.6) is 0 Å². The van der Waals surface area contributed by atoms with Crippen molar-refractivity contribution >= 4 is 21.8 Å². The van der Waals surface area contributed by atoms with Crippen molar-refractivity contribution in [2.24, 2.45) is 0 Å². The monoisotopic (exact) mass is 344 g/mol. The van der Waals surface area contributed by atoms with Crippen molar-refractivity contribution in [2.75, 3.05) is 0 Å². The van der Waals surface area contributed by atoms with Gasteiger partial charge in [-0.2, -0.15) is 0 Å². The van der Waals surface area contributed by atoms with Gasteiger partial charge in [0.15, 0.2) is 0 Å². The van der Waals surface area contributed by atoms with Crippen LogP contribution >= 0.6 is 15.9 Å². The van der Waals surface area contributed by atoms with Gasteiger partial charge in [-0.3, -0.25) is 4.79 Å². The predicted octanol–water partition coefficient (Wildman–Crippen LogP) is 2.78. The molecule has 0 aliphatic carbocycles. The molecule has 2 aromatic rings. The van der Waals surface area contributed by atoms with Crippen molar-refractivity contribution in [1.82, 2.24) is 10.6 Å². The molecular formula is C17H17BrN2O. The molecule has 21 heavy (non-hydrogen) atoms. The second-order valence-electron chi connectivity index (χ2n) is 5.25. The average molecular weight is 345 g/mol. The number of halogens is 1. The quantitative estimate of drug-likeness (QED) is 0.898. The maximum atomic E-state index is 12.3. The highest BCUT2D eigenvalue weighted by Gasteiger charge is 2.23. The molecule has 0 spiro atoms. The summed E-state index contributed by atoms with van der Waals surface area (Å²) in [5, 5.41) is 6.30. The van der Waals surface area contributed by atoms with Crippen LogP contribution < -0.4 is 10.6 Å². The lowest BCUT2D eigenvalue weighted by atomic mass is 9.95. The van der Waals surface area contributed by atoms with Gasteiger partial charge in [0.05, 0.1) is 6.04 Å². The molecule has 0 aromatic heterocycles. The van der Waals surface area contributed by atoms with Crippen molar-refractivity contribution in [1.29, 1.82) is 0 Å². The molecule has 0 radical (unpaired) electrons. The lowest BCUT2D eigenvalue weighted by Gasteiger charge is -2.25. The molecule has 1 aliphatic rings. The molecule has 108 valence electrons. The highest BCUT2D eigenvalue weighted by molar-refractivity contribution is 9.10. The van der Waals surface area contributed by atoms with Crippen LogP contribution in [0.4, 0.5) is 0 Å². The zero-order valence-corrected chi connectivity index (χ0v) is 13.2. The molecule has 2 N–H and O–H groups in total. The van der Waals surface area contributed by atoms with E-state index in [2.05, 4.69) is 38.7 Å². The highest BCUT2D eigenvalue weighted by atomic mass is 79.9. The lowest BCUT2D eigenvalue weighted by molar-refractivity contribution is -0.123. The van der Waals surface area contributed by atoms with E-state index in [0.717, 1.165) is 23.0 Å². The summed E-state index contributed by atoms with van der Waals surface area (Å²) in [7, 11) is 0. The summed E-state index contributed by atoms with van der Waals surface area (Å²) in [4.78, 5) is 12.3. The number of nitrogens with one attached hydrogen (secondary N) is 2. The van der Waals surface area contributed by atoms with E-state index in [-0.39, 0.29) is 11.9 Å². The maximum absolute atomic E-state index is 12.3. The molecule has 0 fully saturated rings. The Morgan fingerprint density at radius 3 is 2.62 bits per heavy atom. The lowest BCUT2D eigenvalue weighted by Crippen LogP contribution is -2.47. The molecule has 3 nitrogen and oxygen atoms in total. The van der Waals surface area contributed by atoms with E-state index in [4.69, 9.17) is 0 Å². The summed E-state index contributed by atoms with van der Waals surface area (Å²) >= 11 is 3.41. The molecule has 3 rings (SSSR count). The van der Waals surface area contributed by atoms with Crippen LogP contribution in [0.15, 0.2) is 53.0 Å². The summed E-state index contributed by atoms with van der Waals surface area (Å²) in [6, 6.07) is 16.1. The van der Waals surface area contributed by atoms with Crippen molar-refractivity contribution in [3.8, 4) is 0 Å². The minimum Gasteiger partial charge on any atom is -0.351 e. The zero-order chi connectivity index (χ0) is 14.7. The summed E-state index contributed by atoms with van der Waals surface area (Å²) in [5.74, 6) is 0.0624. The van der Waals surface area contributed by atoms with Crippen LogP contribution in [-0.4, -0.2) is 11.9 Å². The number of carbonyl (C=O) groups excluding carboxylic acids is 1. The van der Waals surface area contributed by atoms with Gasteiger partial charge in [-0.25, -0.2) is 0 Å². The number of hydrogen-bond acceptors (Lipinski definition) is 2. The number of hydrogen-bond donors (Lipinski definition) is 2. The average Bonchev–Trinajstić information content (AvgIpc) is 2.53. The van der Waals surface area contributed by atoms with E-state index in [1.54, 1.807) is 0 Å². The first-order valence-corrected chi connectivity index (χ1v) is 7.84. The van der Waals surface area contributed by atoms with E-state index >= 15 is 0 Å². The number of rotatable bonds is 3. The van der Waals surface area contributed by atoms with E-state index in [0.29, 0.717) is 6.54 Å². The molecule has 1 aliphatic heterocycles. The third-order valence-corrected chi connectivity index (χ3v) is 4.31. The van der Waals surface area contributed by atoms with Gasteiger partial charge in [0.25, 0.3) is 0 Å². The second-order valence-corrected chi connectivity index (χ2v) is 6.17. The van der Waals surface area contributed by atoms with E-state index < -0.39 is 0 Å². The fourth-order valence-electron chi connectivity index (χ4n) is 2.55. The Balaban J connectivity index is 1.58. The Kier molecular flexibility index (Phi) is 4.36. The Labute approximate surface area is 132 Å². The molecule has 0 unspecified atom stereocenters. The smallest absolute Gasteiger partial charge is 0.237 e. The number of benzene rings is 2. The molecule has 1 heterocycles. The van der Waals surface area contributed by atoms with Gasteiger partial charge in [-0.05, 0) is 35.2 Å². The van der Waals surface area contributed by atoms with Gasteiger partial charge in [0.2, 0.25) is 5.91 Å². The summed E-state index contributed by atoms with van der Waals surface area (Å²) in [5.41, 5.74) is 3.65. The van der Waals surface area contributed by atoms with Crippen LogP contribution in [-0.2, 0) is 24.3 Å². The standard InChI is InChI=1S/C17H17BrN2O/c18-15-7-5-12(6-8-15)10-20-17(21)16-9-13-3-1-2-4-14(13)11-19-16/h1-8,16,19H,9-11H2,(H,20,21)/t16-/m1/s1. The minimum atomic E-state index is -0.143. The zero-order valence-electron chi connectivity index (χ0n) is 11.6. The SMILES string of the molecule is O=C(NCc1ccc(Br)cc1)[C@H]1Cc2ccccc2CN1. The van der Waals surface area contributed by atoms with Crippen molar-refractivity contribution in [3.05, 3.63) is 69.7 Å². The van der Waals surface area contributed by atoms with Crippen LogP contribution in [0.1, 0.15) is 16.7 Å². The molecular weight excluding hydrogens is 328 g/mol. The van der Waals surface area contributed by atoms with Crippen molar-refractivity contribution in [2.45, 2.75) is 25.6 Å². The second kappa shape index (κ2) is 6.41. The van der Waals surface area contributed by atoms with Gasteiger partial charge in [0, 0.05) is 17.6 Å². The van der Waals surface area contributed by atoms with Crippen LogP contribution in [0.25, 0.3) is 0 Å². The van der Waals surface area contributed by atoms with Crippen molar-refractivity contribution < 1.29 is 4.79 Å². The normalized spacial score (nSPS) is 17.1. The largest absolute Gasteiger partial charge is 0.351 e. The predicted molar refractivity (Wildman–Crippen MR) is 86.8 cm³/mol.